The number of hydrogen-bond acceptors (Lipinski definition) is 4. The molecule has 0 saturated carbocycles. The Balaban J connectivity index is 1.77. The molecule has 0 aliphatic carbocycles. The van der Waals surface area contributed by atoms with E-state index in [4.69, 9.17) is 11.0 Å². The molecule has 0 radical (unpaired) electrons. The third kappa shape index (κ3) is 2.83. The van der Waals surface area contributed by atoms with Crippen molar-refractivity contribution in [2.75, 3.05) is 5.32 Å². The monoisotopic (exact) mass is 295 g/mol. The van der Waals surface area contributed by atoms with Gasteiger partial charge in [0.1, 0.15) is 0 Å². The number of aromatic nitrogens is 1. The molecule has 102 valence electrons. The van der Waals surface area contributed by atoms with Crippen molar-refractivity contribution in [1.82, 2.24) is 4.98 Å². The average molecular weight is 295 g/mol. The summed E-state index contributed by atoms with van der Waals surface area (Å²) in [5.41, 5.74) is 2.24. The maximum Gasteiger partial charge on any atom is 0.293 e. The molecule has 0 fully saturated rings. The van der Waals surface area contributed by atoms with E-state index < -0.39 is 0 Å². The van der Waals surface area contributed by atoms with Gasteiger partial charge in [0.15, 0.2) is 16.6 Å². The van der Waals surface area contributed by atoms with Crippen molar-refractivity contribution < 1.29 is 9.21 Å². The molecule has 0 aliphatic rings. The van der Waals surface area contributed by atoms with Gasteiger partial charge in [-0.2, -0.15) is 0 Å². The van der Waals surface area contributed by atoms with Crippen LogP contribution >= 0.6 is 11.3 Å². The van der Waals surface area contributed by atoms with E-state index in [0.29, 0.717) is 10.8 Å². The van der Waals surface area contributed by atoms with Gasteiger partial charge in [-0.3, -0.25) is 10.1 Å². The van der Waals surface area contributed by atoms with Crippen LogP contribution in [0, 0.1) is 6.57 Å². The van der Waals surface area contributed by atoms with E-state index in [1.54, 1.807) is 24.3 Å². The lowest BCUT2D eigenvalue weighted by atomic mass is 10.1. The number of rotatable bonds is 3. The highest BCUT2D eigenvalue weighted by Gasteiger charge is 2.11. The van der Waals surface area contributed by atoms with Crippen molar-refractivity contribution in [3.8, 4) is 11.3 Å². The molecule has 0 bridgehead atoms. The van der Waals surface area contributed by atoms with Crippen LogP contribution in [-0.4, -0.2) is 10.9 Å². The SMILES string of the molecule is [C-]#[N+]c1ccc(-c2csc(NC(=O)c3ccco3)n2)cc1. The van der Waals surface area contributed by atoms with Gasteiger partial charge in [0, 0.05) is 5.38 Å². The van der Waals surface area contributed by atoms with Gasteiger partial charge in [-0.1, -0.05) is 24.3 Å². The van der Waals surface area contributed by atoms with Crippen LogP contribution in [0.2, 0.25) is 0 Å². The largest absolute Gasteiger partial charge is 0.459 e. The van der Waals surface area contributed by atoms with Gasteiger partial charge in [-0.15, -0.1) is 11.3 Å². The van der Waals surface area contributed by atoms with E-state index in [9.17, 15) is 4.79 Å². The number of benzene rings is 1. The molecule has 0 aliphatic heterocycles. The van der Waals surface area contributed by atoms with Crippen LogP contribution in [0.1, 0.15) is 10.6 Å². The van der Waals surface area contributed by atoms with Crippen molar-refractivity contribution in [3.05, 3.63) is 65.2 Å². The second kappa shape index (κ2) is 5.61. The van der Waals surface area contributed by atoms with E-state index in [1.807, 2.05) is 17.5 Å². The van der Waals surface area contributed by atoms with Gasteiger partial charge in [0.25, 0.3) is 5.91 Å². The molecule has 0 spiro atoms. The lowest BCUT2D eigenvalue weighted by molar-refractivity contribution is 0.0996. The zero-order valence-electron chi connectivity index (χ0n) is 10.7. The molecule has 1 amide bonds. The highest BCUT2D eigenvalue weighted by atomic mass is 32.1. The third-order valence-electron chi connectivity index (χ3n) is 2.76. The normalized spacial score (nSPS) is 10.0. The lowest BCUT2D eigenvalue weighted by Crippen LogP contribution is -2.10. The number of thiazole rings is 1. The Morgan fingerprint density at radius 1 is 1.29 bits per heavy atom. The Morgan fingerprint density at radius 2 is 2.10 bits per heavy atom. The van der Waals surface area contributed by atoms with E-state index in [1.165, 1.54) is 17.6 Å². The van der Waals surface area contributed by atoms with Crippen LogP contribution in [0.4, 0.5) is 10.8 Å². The number of carbonyl (C=O) groups excluding carboxylic acids is 1. The van der Waals surface area contributed by atoms with Crippen LogP contribution in [0.3, 0.4) is 0 Å². The van der Waals surface area contributed by atoms with E-state index in [2.05, 4.69) is 15.1 Å². The fourth-order valence-corrected chi connectivity index (χ4v) is 2.45. The predicted octanol–water partition coefficient (Wildman–Crippen LogP) is 4.21. The van der Waals surface area contributed by atoms with E-state index in [-0.39, 0.29) is 11.7 Å². The molecule has 21 heavy (non-hydrogen) atoms. The standard InChI is InChI=1S/C15H9N3O2S/c1-16-11-6-4-10(5-7-11)12-9-21-15(17-12)18-14(19)13-3-2-8-20-13/h2-9H,(H,17,18,19). The van der Waals surface area contributed by atoms with Crippen LogP contribution in [0.5, 0.6) is 0 Å². The number of amides is 1. The van der Waals surface area contributed by atoms with Crippen molar-refractivity contribution in [2.45, 2.75) is 0 Å². The summed E-state index contributed by atoms with van der Waals surface area (Å²) in [5.74, 6) is -0.0857. The Bertz CT molecular complexity index is 798. The fourth-order valence-electron chi connectivity index (χ4n) is 1.74. The molecule has 5 nitrogen and oxygen atoms in total. The van der Waals surface area contributed by atoms with Gasteiger partial charge >= 0.3 is 0 Å². The van der Waals surface area contributed by atoms with Gasteiger partial charge in [0.2, 0.25) is 0 Å². The molecule has 1 aromatic carbocycles. The molecule has 2 aromatic heterocycles. The summed E-state index contributed by atoms with van der Waals surface area (Å²) in [6.07, 6.45) is 1.45. The minimum atomic E-state index is -0.329. The summed E-state index contributed by atoms with van der Waals surface area (Å²) in [6, 6.07) is 10.4. The first-order chi connectivity index (χ1) is 10.3. The zero-order valence-corrected chi connectivity index (χ0v) is 11.6. The lowest BCUT2D eigenvalue weighted by Gasteiger charge is -1.98. The first-order valence-electron chi connectivity index (χ1n) is 6.04. The second-order valence-electron chi connectivity index (χ2n) is 4.13. The molecule has 0 atom stereocenters. The summed E-state index contributed by atoms with van der Waals surface area (Å²) in [4.78, 5) is 19.5. The van der Waals surface area contributed by atoms with Crippen LogP contribution < -0.4 is 5.32 Å². The Kier molecular flexibility index (Phi) is 3.50. The number of nitrogens with zero attached hydrogens (tertiary/aromatic N) is 2. The van der Waals surface area contributed by atoms with E-state index in [0.717, 1.165) is 11.3 Å². The first kappa shape index (κ1) is 13.1. The van der Waals surface area contributed by atoms with Gasteiger partial charge in [-0.25, -0.2) is 9.83 Å². The molecule has 6 heteroatoms. The van der Waals surface area contributed by atoms with Crippen molar-refractivity contribution >= 4 is 28.1 Å². The summed E-state index contributed by atoms with van der Waals surface area (Å²) in [6.45, 7) is 6.92. The number of carbonyl (C=O) groups is 1. The molecule has 0 unspecified atom stereocenters. The van der Waals surface area contributed by atoms with Crippen LogP contribution in [0.15, 0.2) is 52.5 Å². The first-order valence-corrected chi connectivity index (χ1v) is 6.92. The number of hydrogen-bond donors (Lipinski definition) is 1. The average Bonchev–Trinajstić information content (AvgIpc) is 3.19. The van der Waals surface area contributed by atoms with Crippen LogP contribution in [-0.2, 0) is 0 Å². The summed E-state index contributed by atoms with van der Waals surface area (Å²) in [7, 11) is 0. The van der Waals surface area contributed by atoms with Gasteiger partial charge in [0.05, 0.1) is 18.5 Å². The topological polar surface area (TPSA) is 59.5 Å². The van der Waals surface area contributed by atoms with Crippen LogP contribution in [0.25, 0.3) is 16.1 Å². The predicted molar refractivity (Wildman–Crippen MR) is 80.5 cm³/mol. The molecule has 3 rings (SSSR count). The quantitative estimate of drug-likeness (QED) is 0.736. The molecular formula is C15H9N3O2S. The third-order valence-corrected chi connectivity index (χ3v) is 3.52. The highest BCUT2D eigenvalue weighted by Crippen LogP contribution is 2.26. The Hall–Kier alpha value is -2.91. The van der Waals surface area contributed by atoms with Gasteiger partial charge in [-0.05, 0) is 17.7 Å². The van der Waals surface area contributed by atoms with Gasteiger partial charge < -0.3 is 4.42 Å². The van der Waals surface area contributed by atoms with Crippen molar-refractivity contribution in [2.24, 2.45) is 0 Å². The molecule has 0 saturated heterocycles. The Morgan fingerprint density at radius 3 is 2.76 bits per heavy atom. The minimum Gasteiger partial charge on any atom is -0.459 e. The fraction of sp³-hybridized carbons (Fsp3) is 0. The number of furan rings is 1. The maximum atomic E-state index is 11.8. The van der Waals surface area contributed by atoms with Crippen molar-refractivity contribution in [3.63, 3.8) is 0 Å². The second-order valence-corrected chi connectivity index (χ2v) is 4.99. The number of nitrogens with one attached hydrogen (secondary N) is 1. The molecule has 3 aromatic rings. The summed E-state index contributed by atoms with van der Waals surface area (Å²) in [5, 5.41) is 5.04. The summed E-state index contributed by atoms with van der Waals surface area (Å²) < 4.78 is 5.02. The summed E-state index contributed by atoms with van der Waals surface area (Å²) >= 11 is 1.33. The zero-order chi connectivity index (χ0) is 14.7. The minimum absolute atomic E-state index is 0.244. The number of anilines is 1. The molecular weight excluding hydrogens is 286 g/mol. The van der Waals surface area contributed by atoms with E-state index >= 15 is 0 Å². The van der Waals surface area contributed by atoms with Crippen molar-refractivity contribution in [1.29, 1.82) is 0 Å². The molecule has 2 heterocycles. The highest BCUT2D eigenvalue weighted by molar-refractivity contribution is 7.14. The Labute approximate surface area is 124 Å². The molecule has 1 N–H and O–H groups in total. The maximum absolute atomic E-state index is 11.8. The smallest absolute Gasteiger partial charge is 0.293 e.